The number of hydrogen-bond donors (Lipinski definition) is 0. The number of Topliss-reactive ketones (excluding diaryl/α,β-unsaturated/α-hetero) is 1. The van der Waals surface area contributed by atoms with Crippen LogP contribution in [0.25, 0.3) is 0 Å². The number of amides is 2. The molecule has 1 aliphatic heterocycles. The van der Waals surface area contributed by atoms with Crippen molar-refractivity contribution in [1.82, 2.24) is 5.06 Å². The summed E-state index contributed by atoms with van der Waals surface area (Å²) in [5.74, 6) is -3.00. The fraction of sp³-hybridized carbons (Fsp3) is 0.375. The number of ketones is 1. The summed E-state index contributed by atoms with van der Waals surface area (Å²) in [5.41, 5.74) is -1.70. The minimum atomic E-state index is -2.02. The fourth-order valence-electron chi connectivity index (χ4n) is 2.36. The second-order valence-electron chi connectivity index (χ2n) is 5.00. The van der Waals surface area contributed by atoms with Crippen molar-refractivity contribution in [1.29, 1.82) is 0 Å². The lowest BCUT2D eigenvalue weighted by Gasteiger charge is -2.30. The van der Waals surface area contributed by atoms with Crippen molar-refractivity contribution in [3.05, 3.63) is 35.4 Å². The normalized spacial score (nSPS) is 16.0. The second-order valence-corrected chi connectivity index (χ2v) is 5.00. The molecule has 7 nitrogen and oxygen atoms in total. The first-order chi connectivity index (χ1) is 10.9. The number of carbonyl (C=O) groups is 4. The van der Waals surface area contributed by atoms with Gasteiger partial charge in [0.05, 0.1) is 17.7 Å². The zero-order valence-electron chi connectivity index (χ0n) is 13.1. The van der Waals surface area contributed by atoms with Gasteiger partial charge in [-0.15, -0.1) is 5.06 Å². The van der Waals surface area contributed by atoms with Crippen molar-refractivity contribution >= 4 is 23.6 Å². The van der Waals surface area contributed by atoms with Gasteiger partial charge in [-0.05, 0) is 32.4 Å². The second kappa shape index (κ2) is 6.29. The van der Waals surface area contributed by atoms with Crippen LogP contribution in [0, 0.1) is 0 Å². The third-order valence-corrected chi connectivity index (χ3v) is 3.68. The molecule has 1 heterocycles. The number of nitrogens with zero attached hydrogens (tertiary/aromatic N) is 1. The summed E-state index contributed by atoms with van der Waals surface area (Å²) in [6, 6.07) is 6.17. The predicted octanol–water partition coefficient (Wildman–Crippen LogP) is 1.52. The third kappa shape index (κ3) is 2.63. The van der Waals surface area contributed by atoms with E-state index in [9.17, 15) is 19.2 Å². The van der Waals surface area contributed by atoms with Crippen LogP contribution in [0.5, 0.6) is 0 Å². The Balaban J connectivity index is 2.39. The lowest BCUT2D eigenvalue weighted by molar-refractivity contribution is -0.211. The van der Waals surface area contributed by atoms with Gasteiger partial charge in [0, 0.05) is 0 Å². The maximum absolute atomic E-state index is 12.3. The van der Waals surface area contributed by atoms with Crippen LogP contribution in [0.2, 0.25) is 0 Å². The Morgan fingerprint density at radius 1 is 1.09 bits per heavy atom. The number of hydrogen-bond acceptors (Lipinski definition) is 6. The molecule has 1 aromatic rings. The number of fused-ring (bicyclic) bond motifs is 1. The molecular formula is C16H17NO6. The van der Waals surface area contributed by atoms with Gasteiger partial charge in [0.2, 0.25) is 5.60 Å². The largest absolute Gasteiger partial charge is 0.463 e. The predicted molar refractivity (Wildman–Crippen MR) is 78.4 cm³/mol. The summed E-state index contributed by atoms with van der Waals surface area (Å²) in [4.78, 5) is 54.2. The number of rotatable bonds is 6. The molecule has 1 aliphatic rings. The zero-order valence-corrected chi connectivity index (χ0v) is 13.1. The van der Waals surface area contributed by atoms with Gasteiger partial charge in [-0.25, -0.2) is 9.63 Å². The van der Waals surface area contributed by atoms with Crippen LogP contribution in [-0.4, -0.2) is 40.8 Å². The molecule has 1 unspecified atom stereocenters. The van der Waals surface area contributed by atoms with E-state index in [1.807, 2.05) is 0 Å². The first kappa shape index (κ1) is 16.8. The molecule has 0 spiro atoms. The van der Waals surface area contributed by atoms with E-state index in [1.165, 1.54) is 19.1 Å². The van der Waals surface area contributed by atoms with E-state index < -0.39 is 29.2 Å². The molecule has 122 valence electrons. The highest BCUT2D eigenvalue weighted by molar-refractivity contribution is 6.20. The van der Waals surface area contributed by atoms with Crippen molar-refractivity contribution in [3.8, 4) is 0 Å². The van der Waals surface area contributed by atoms with E-state index in [4.69, 9.17) is 9.57 Å². The summed E-state index contributed by atoms with van der Waals surface area (Å²) in [7, 11) is 0. The van der Waals surface area contributed by atoms with Crippen molar-refractivity contribution in [3.63, 3.8) is 0 Å². The van der Waals surface area contributed by atoms with E-state index in [2.05, 4.69) is 0 Å². The summed E-state index contributed by atoms with van der Waals surface area (Å²) in [5, 5.41) is 0.465. The zero-order chi connectivity index (χ0) is 17.2. The number of hydroxylamine groups is 2. The smallest absolute Gasteiger partial charge is 0.349 e. The van der Waals surface area contributed by atoms with Crippen LogP contribution < -0.4 is 0 Å². The highest BCUT2D eigenvalue weighted by Gasteiger charge is 2.51. The van der Waals surface area contributed by atoms with Gasteiger partial charge in [0.15, 0.2) is 5.78 Å². The van der Waals surface area contributed by atoms with Crippen molar-refractivity contribution in [2.75, 3.05) is 6.61 Å². The average molecular weight is 319 g/mol. The molecular weight excluding hydrogens is 302 g/mol. The van der Waals surface area contributed by atoms with Gasteiger partial charge in [0.1, 0.15) is 0 Å². The molecule has 7 heteroatoms. The molecule has 23 heavy (non-hydrogen) atoms. The lowest BCUT2D eigenvalue weighted by atomic mass is 9.96. The van der Waals surface area contributed by atoms with E-state index >= 15 is 0 Å². The van der Waals surface area contributed by atoms with Crippen LogP contribution in [0.1, 0.15) is 47.9 Å². The van der Waals surface area contributed by atoms with Gasteiger partial charge in [0.25, 0.3) is 11.8 Å². The summed E-state index contributed by atoms with van der Waals surface area (Å²) in [6.45, 7) is 4.31. The number of imide groups is 1. The number of benzene rings is 1. The molecule has 1 atom stereocenters. The molecule has 0 saturated carbocycles. The quantitative estimate of drug-likeness (QED) is 0.448. The van der Waals surface area contributed by atoms with Gasteiger partial charge >= 0.3 is 5.97 Å². The Labute approximate surface area is 133 Å². The molecule has 0 bridgehead atoms. The molecule has 0 aliphatic carbocycles. The monoisotopic (exact) mass is 319 g/mol. The number of carbonyl (C=O) groups excluding carboxylic acids is 4. The van der Waals surface area contributed by atoms with Gasteiger partial charge in [-0.1, -0.05) is 19.1 Å². The molecule has 2 amide bonds. The van der Waals surface area contributed by atoms with Crippen molar-refractivity contribution in [2.45, 2.75) is 32.8 Å². The Hall–Kier alpha value is -2.54. The molecule has 0 N–H and O–H groups in total. The topological polar surface area (TPSA) is 90.0 Å². The summed E-state index contributed by atoms with van der Waals surface area (Å²) >= 11 is 0. The van der Waals surface area contributed by atoms with Gasteiger partial charge < -0.3 is 4.74 Å². The molecule has 0 saturated heterocycles. The molecule has 0 aromatic heterocycles. The van der Waals surface area contributed by atoms with E-state index in [0.29, 0.717) is 5.06 Å². The number of esters is 1. The summed E-state index contributed by atoms with van der Waals surface area (Å²) in [6.07, 6.45) is -0.0748. The molecule has 2 rings (SSSR count). The van der Waals surface area contributed by atoms with Crippen LogP contribution in [0.4, 0.5) is 0 Å². The van der Waals surface area contributed by atoms with E-state index in [1.54, 1.807) is 19.1 Å². The Morgan fingerprint density at radius 3 is 2.00 bits per heavy atom. The summed E-state index contributed by atoms with van der Waals surface area (Å²) < 4.78 is 4.88. The maximum atomic E-state index is 12.3. The van der Waals surface area contributed by atoms with Crippen LogP contribution in [-0.2, 0) is 19.2 Å². The number of ether oxygens (including phenoxy) is 1. The third-order valence-electron chi connectivity index (χ3n) is 3.68. The van der Waals surface area contributed by atoms with Crippen LogP contribution in [0.3, 0.4) is 0 Å². The van der Waals surface area contributed by atoms with E-state index in [-0.39, 0.29) is 24.2 Å². The van der Waals surface area contributed by atoms with Gasteiger partial charge in [-0.3, -0.25) is 14.4 Å². The van der Waals surface area contributed by atoms with Gasteiger partial charge in [-0.2, -0.15) is 0 Å². The lowest BCUT2D eigenvalue weighted by Crippen LogP contribution is -2.53. The SMILES string of the molecule is CCOC(=O)C(CC)(ON1C(=O)c2ccccc2C1=O)C(C)=O. The Bertz CT molecular complexity index is 648. The average Bonchev–Trinajstić information content (AvgIpc) is 2.77. The minimum Gasteiger partial charge on any atom is -0.463 e. The van der Waals surface area contributed by atoms with E-state index in [0.717, 1.165) is 6.92 Å². The standard InChI is InChI=1S/C16H17NO6/c1-4-16(10(3)18,15(21)22-5-2)23-17-13(19)11-8-6-7-9-12(11)14(17)20/h6-9H,4-5H2,1-3H3. The Morgan fingerprint density at radius 2 is 1.61 bits per heavy atom. The first-order valence-corrected chi connectivity index (χ1v) is 7.24. The fourth-order valence-corrected chi connectivity index (χ4v) is 2.36. The molecule has 0 fully saturated rings. The Kier molecular flexibility index (Phi) is 4.60. The van der Waals surface area contributed by atoms with Crippen molar-refractivity contribution < 1.29 is 28.8 Å². The molecule has 1 aromatic carbocycles. The van der Waals surface area contributed by atoms with Crippen LogP contribution >= 0.6 is 0 Å². The minimum absolute atomic E-state index is 0.0410. The highest BCUT2D eigenvalue weighted by atomic mass is 16.7. The maximum Gasteiger partial charge on any atom is 0.349 e. The molecule has 0 radical (unpaired) electrons. The van der Waals surface area contributed by atoms with Crippen LogP contribution in [0.15, 0.2) is 24.3 Å². The highest BCUT2D eigenvalue weighted by Crippen LogP contribution is 2.29. The first-order valence-electron chi connectivity index (χ1n) is 7.24. The van der Waals surface area contributed by atoms with Crippen molar-refractivity contribution in [2.24, 2.45) is 0 Å².